The molecule has 132 valence electrons. The number of hydrogen-bond donors (Lipinski definition) is 1. The fourth-order valence-electron chi connectivity index (χ4n) is 2.82. The highest BCUT2D eigenvalue weighted by Crippen LogP contribution is 2.23. The molecule has 0 radical (unpaired) electrons. The number of carbonyl (C=O) groups is 2. The Morgan fingerprint density at radius 1 is 1.04 bits per heavy atom. The van der Waals surface area contributed by atoms with Gasteiger partial charge in [-0.3, -0.25) is 9.59 Å². The van der Waals surface area contributed by atoms with Crippen molar-refractivity contribution in [2.24, 2.45) is 0 Å². The zero-order chi connectivity index (χ0) is 19.0. The molecule has 0 saturated carbocycles. The first kappa shape index (κ1) is 17.5. The average molecular weight is 351 g/mol. The molecule has 2 aromatic carbocycles. The number of aromatic nitrogens is 1. The molecule has 1 N–H and O–H groups in total. The molecule has 3 rings (SSSR count). The fraction of sp³-hybridized carbons (Fsp3) is 0.200. The minimum atomic E-state index is -1.73. The van der Waals surface area contributed by atoms with Crippen LogP contribution in [-0.4, -0.2) is 21.8 Å². The zero-order valence-corrected chi connectivity index (χ0v) is 14.6. The minimum Gasteiger partial charge on any atom is -0.480 e. The van der Waals surface area contributed by atoms with Crippen molar-refractivity contribution in [2.75, 3.05) is 0 Å². The number of benzene rings is 2. The Balaban J connectivity index is 2.20. The fourth-order valence-corrected chi connectivity index (χ4v) is 2.82. The first-order valence-electron chi connectivity index (χ1n) is 8.03. The summed E-state index contributed by atoms with van der Waals surface area (Å²) in [6.45, 7) is 5.35. The number of fused-ring (bicyclic) bond motifs is 1. The maximum absolute atomic E-state index is 12.9. The van der Waals surface area contributed by atoms with Crippen LogP contribution in [0.3, 0.4) is 0 Å². The lowest BCUT2D eigenvalue weighted by Gasteiger charge is -2.13. The van der Waals surface area contributed by atoms with E-state index in [1.165, 1.54) is 0 Å². The molecule has 0 bridgehead atoms. The quantitative estimate of drug-likeness (QED) is 0.573. The first-order valence-corrected chi connectivity index (χ1v) is 8.03. The van der Waals surface area contributed by atoms with Gasteiger partial charge in [-0.25, -0.2) is 9.78 Å². The highest BCUT2D eigenvalue weighted by Gasteiger charge is 2.34. The second kappa shape index (κ2) is 6.55. The maximum Gasteiger partial charge on any atom is 0.359 e. The van der Waals surface area contributed by atoms with Crippen LogP contribution in [0.4, 0.5) is 0 Å². The zero-order valence-electron chi connectivity index (χ0n) is 14.6. The van der Waals surface area contributed by atoms with E-state index in [0.717, 1.165) is 11.1 Å². The predicted octanol–water partition coefficient (Wildman–Crippen LogP) is 3.16. The largest absolute Gasteiger partial charge is 0.480 e. The van der Waals surface area contributed by atoms with E-state index in [2.05, 4.69) is 4.98 Å². The van der Waals surface area contributed by atoms with Crippen LogP contribution in [0.2, 0.25) is 0 Å². The SMILES string of the molecule is Cc1ccc(C)c(C(=O)C(C(=O)O)c2nc3cc(C)ccc3oc2=O)c1. The molecule has 1 heterocycles. The molecule has 0 aliphatic rings. The molecule has 1 aromatic heterocycles. The van der Waals surface area contributed by atoms with E-state index in [1.54, 1.807) is 44.2 Å². The van der Waals surface area contributed by atoms with E-state index in [1.807, 2.05) is 13.0 Å². The molecule has 0 spiro atoms. The van der Waals surface area contributed by atoms with Crippen LogP contribution in [0.15, 0.2) is 45.6 Å². The summed E-state index contributed by atoms with van der Waals surface area (Å²) in [5.41, 5.74) is 1.81. The Morgan fingerprint density at radius 3 is 2.38 bits per heavy atom. The van der Waals surface area contributed by atoms with Crippen molar-refractivity contribution in [1.82, 2.24) is 4.98 Å². The van der Waals surface area contributed by atoms with E-state index in [0.29, 0.717) is 11.1 Å². The normalized spacial score (nSPS) is 12.1. The van der Waals surface area contributed by atoms with Crippen molar-refractivity contribution in [3.05, 3.63) is 74.8 Å². The van der Waals surface area contributed by atoms with Crippen LogP contribution in [-0.2, 0) is 4.79 Å². The smallest absolute Gasteiger partial charge is 0.359 e. The molecular formula is C20H17NO5. The van der Waals surface area contributed by atoms with Gasteiger partial charge in [0.05, 0.1) is 0 Å². The Bertz CT molecular complexity index is 1100. The summed E-state index contributed by atoms with van der Waals surface area (Å²) in [4.78, 5) is 41.2. The standard InChI is InChI=1S/C20H17NO5/c1-10-4-6-12(3)13(8-10)18(22)16(19(23)24)17-20(25)26-15-7-5-11(2)9-14(15)21-17/h4-9,16H,1-3H3,(H,23,24). The summed E-state index contributed by atoms with van der Waals surface area (Å²) in [6.07, 6.45) is 0. The minimum absolute atomic E-state index is 0.243. The lowest BCUT2D eigenvalue weighted by molar-refractivity contribution is -0.137. The molecule has 1 unspecified atom stereocenters. The van der Waals surface area contributed by atoms with E-state index in [4.69, 9.17) is 4.42 Å². The lowest BCUT2D eigenvalue weighted by atomic mass is 9.91. The molecule has 1 atom stereocenters. The number of rotatable bonds is 4. The van der Waals surface area contributed by atoms with Gasteiger partial charge in [-0.15, -0.1) is 0 Å². The monoisotopic (exact) mass is 351 g/mol. The predicted molar refractivity (Wildman–Crippen MR) is 95.6 cm³/mol. The summed E-state index contributed by atoms with van der Waals surface area (Å²) in [7, 11) is 0. The van der Waals surface area contributed by atoms with Gasteiger partial charge in [0.2, 0.25) is 0 Å². The molecule has 0 aliphatic heterocycles. The van der Waals surface area contributed by atoms with Crippen LogP contribution in [0.1, 0.15) is 38.7 Å². The lowest BCUT2D eigenvalue weighted by Crippen LogP contribution is -2.29. The molecule has 0 fully saturated rings. The molecule has 0 saturated heterocycles. The van der Waals surface area contributed by atoms with Crippen LogP contribution in [0, 0.1) is 20.8 Å². The number of carboxylic acids is 1. The third-order valence-electron chi connectivity index (χ3n) is 4.21. The van der Waals surface area contributed by atoms with Gasteiger partial charge in [0.25, 0.3) is 0 Å². The van der Waals surface area contributed by atoms with Gasteiger partial charge < -0.3 is 9.52 Å². The Morgan fingerprint density at radius 2 is 1.69 bits per heavy atom. The Kier molecular flexibility index (Phi) is 4.42. The molecule has 3 aromatic rings. The van der Waals surface area contributed by atoms with E-state index < -0.39 is 29.0 Å². The van der Waals surface area contributed by atoms with Crippen molar-refractivity contribution in [3.8, 4) is 0 Å². The number of carboxylic acid groups (broad SMARTS) is 1. The van der Waals surface area contributed by atoms with Gasteiger partial charge in [0.15, 0.2) is 17.3 Å². The van der Waals surface area contributed by atoms with Crippen LogP contribution >= 0.6 is 0 Å². The summed E-state index contributed by atoms with van der Waals surface area (Å²) >= 11 is 0. The van der Waals surface area contributed by atoms with Crippen LogP contribution in [0.25, 0.3) is 11.1 Å². The van der Waals surface area contributed by atoms with Crippen LogP contribution in [0.5, 0.6) is 0 Å². The van der Waals surface area contributed by atoms with Crippen LogP contribution < -0.4 is 5.63 Å². The Hall–Kier alpha value is -3.28. The van der Waals surface area contributed by atoms with Crippen molar-refractivity contribution < 1.29 is 19.1 Å². The maximum atomic E-state index is 12.9. The van der Waals surface area contributed by atoms with E-state index in [9.17, 15) is 19.5 Å². The first-order chi connectivity index (χ1) is 12.3. The molecular weight excluding hydrogens is 334 g/mol. The second-order valence-corrected chi connectivity index (χ2v) is 6.31. The highest BCUT2D eigenvalue weighted by atomic mass is 16.4. The van der Waals surface area contributed by atoms with Gasteiger partial charge >= 0.3 is 11.6 Å². The topological polar surface area (TPSA) is 97.5 Å². The third kappa shape index (κ3) is 3.13. The van der Waals surface area contributed by atoms with Gasteiger partial charge in [-0.05, 0) is 50.1 Å². The number of Topliss-reactive ketones (excluding diaryl/α,β-unsaturated/α-hetero) is 1. The van der Waals surface area contributed by atoms with Gasteiger partial charge in [-0.2, -0.15) is 0 Å². The number of aliphatic carboxylic acids is 1. The average Bonchev–Trinajstić information content (AvgIpc) is 2.57. The number of ketones is 1. The molecule has 0 amide bonds. The molecule has 6 heteroatoms. The van der Waals surface area contributed by atoms with Gasteiger partial charge in [-0.1, -0.05) is 23.8 Å². The Labute approximate surface area is 149 Å². The summed E-state index contributed by atoms with van der Waals surface area (Å²) < 4.78 is 5.19. The molecule has 0 aliphatic carbocycles. The third-order valence-corrected chi connectivity index (χ3v) is 4.21. The highest BCUT2D eigenvalue weighted by molar-refractivity contribution is 6.13. The molecule has 26 heavy (non-hydrogen) atoms. The van der Waals surface area contributed by atoms with Crippen molar-refractivity contribution in [3.63, 3.8) is 0 Å². The number of hydrogen-bond acceptors (Lipinski definition) is 5. The second-order valence-electron chi connectivity index (χ2n) is 6.31. The number of nitrogens with zero attached hydrogens (tertiary/aromatic N) is 1. The van der Waals surface area contributed by atoms with Crippen molar-refractivity contribution in [2.45, 2.75) is 26.7 Å². The summed E-state index contributed by atoms with van der Waals surface area (Å²) in [6, 6.07) is 10.2. The number of aryl methyl sites for hydroxylation is 3. The van der Waals surface area contributed by atoms with Gasteiger partial charge in [0.1, 0.15) is 11.2 Å². The number of carbonyl (C=O) groups excluding carboxylic acids is 1. The summed E-state index contributed by atoms with van der Waals surface area (Å²) in [5, 5.41) is 9.63. The summed E-state index contributed by atoms with van der Waals surface area (Å²) in [5.74, 6) is -3.86. The van der Waals surface area contributed by atoms with E-state index in [-0.39, 0.29) is 11.1 Å². The van der Waals surface area contributed by atoms with E-state index >= 15 is 0 Å². The van der Waals surface area contributed by atoms with Crippen molar-refractivity contribution >= 4 is 22.9 Å². The van der Waals surface area contributed by atoms with Crippen molar-refractivity contribution in [1.29, 1.82) is 0 Å². The molecule has 6 nitrogen and oxygen atoms in total. The van der Waals surface area contributed by atoms with Gasteiger partial charge in [0, 0.05) is 5.56 Å².